The van der Waals surface area contributed by atoms with Crippen LogP contribution < -0.4 is 10.1 Å². The molecule has 1 saturated heterocycles. The molecule has 0 spiro atoms. The van der Waals surface area contributed by atoms with Gasteiger partial charge in [-0.05, 0) is 18.8 Å². The first-order valence-corrected chi connectivity index (χ1v) is 7.62. The third-order valence-electron chi connectivity index (χ3n) is 4.45. The van der Waals surface area contributed by atoms with Crippen molar-refractivity contribution in [3.63, 3.8) is 0 Å². The third-order valence-corrected chi connectivity index (χ3v) is 4.45. The van der Waals surface area contributed by atoms with Crippen LogP contribution in [0, 0.1) is 16.0 Å². The highest BCUT2D eigenvalue weighted by Gasteiger charge is 2.39. The number of piperazine rings is 1. The Morgan fingerprint density at radius 2 is 1.96 bits per heavy atom. The van der Waals surface area contributed by atoms with Gasteiger partial charge in [-0.3, -0.25) is 15.0 Å². The zero-order valence-electron chi connectivity index (χ0n) is 13.4. The van der Waals surface area contributed by atoms with Gasteiger partial charge in [0.15, 0.2) is 11.5 Å². The SMILES string of the molecule is COc1cc([N+](=O)[O-])cc([C@@H](C2CC2)N2CCNCC2)c1O.Cl.Cl. The number of non-ortho nitro benzene ring substituents is 1. The first-order chi connectivity index (χ1) is 10.6. The number of halogens is 2. The molecular weight excluding hydrogens is 357 g/mol. The van der Waals surface area contributed by atoms with Crippen molar-refractivity contribution in [1.29, 1.82) is 0 Å². The molecule has 1 aromatic carbocycles. The Bertz CT molecular complexity index is 578. The molecule has 24 heavy (non-hydrogen) atoms. The maximum Gasteiger partial charge on any atom is 0.273 e. The molecule has 2 N–H and O–H groups in total. The van der Waals surface area contributed by atoms with E-state index in [2.05, 4.69) is 10.2 Å². The van der Waals surface area contributed by atoms with Crippen molar-refractivity contribution in [2.45, 2.75) is 18.9 Å². The van der Waals surface area contributed by atoms with Gasteiger partial charge in [0, 0.05) is 43.9 Å². The minimum atomic E-state index is -0.437. The summed E-state index contributed by atoms with van der Waals surface area (Å²) in [6, 6.07) is 2.81. The first kappa shape index (κ1) is 20.8. The topological polar surface area (TPSA) is 87.9 Å². The van der Waals surface area contributed by atoms with Crippen LogP contribution in [0.1, 0.15) is 24.4 Å². The average molecular weight is 380 g/mol. The van der Waals surface area contributed by atoms with E-state index in [-0.39, 0.29) is 48.0 Å². The summed E-state index contributed by atoms with van der Waals surface area (Å²) in [7, 11) is 1.42. The normalized spacial score (nSPS) is 18.9. The monoisotopic (exact) mass is 379 g/mol. The second-order valence-electron chi connectivity index (χ2n) is 5.91. The number of aromatic hydroxyl groups is 1. The van der Waals surface area contributed by atoms with Crippen LogP contribution in [0.4, 0.5) is 5.69 Å². The molecule has 1 atom stereocenters. The summed E-state index contributed by atoms with van der Waals surface area (Å²) >= 11 is 0. The van der Waals surface area contributed by atoms with E-state index in [0.717, 1.165) is 39.0 Å². The second kappa shape index (κ2) is 8.71. The lowest BCUT2D eigenvalue weighted by Gasteiger charge is -2.35. The summed E-state index contributed by atoms with van der Waals surface area (Å²) < 4.78 is 5.13. The molecule has 1 aromatic rings. The van der Waals surface area contributed by atoms with Gasteiger partial charge in [0.1, 0.15) is 0 Å². The van der Waals surface area contributed by atoms with Gasteiger partial charge in [0.2, 0.25) is 0 Å². The van der Waals surface area contributed by atoms with Gasteiger partial charge in [-0.1, -0.05) is 0 Å². The molecule has 0 bridgehead atoms. The highest BCUT2D eigenvalue weighted by Crippen LogP contribution is 2.49. The number of nitrogens with one attached hydrogen (secondary N) is 1. The van der Waals surface area contributed by atoms with Crippen LogP contribution in [0.2, 0.25) is 0 Å². The number of hydrogen-bond donors (Lipinski definition) is 2. The summed E-state index contributed by atoms with van der Waals surface area (Å²) in [5.74, 6) is 0.657. The third kappa shape index (κ3) is 4.22. The molecule has 1 aliphatic heterocycles. The van der Waals surface area contributed by atoms with Gasteiger partial charge in [-0.15, -0.1) is 24.8 Å². The van der Waals surface area contributed by atoms with Crippen LogP contribution in [-0.2, 0) is 0 Å². The van der Waals surface area contributed by atoms with Gasteiger partial charge in [-0.25, -0.2) is 0 Å². The number of ether oxygens (including phenoxy) is 1. The lowest BCUT2D eigenvalue weighted by Crippen LogP contribution is -2.45. The van der Waals surface area contributed by atoms with Crippen molar-refractivity contribution in [3.05, 3.63) is 27.8 Å². The van der Waals surface area contributed by atoms with Gasteiger partial charge in [0.05, 0.1) is 18.1 Å². The van der Waals surface area contributed by atoms with Crippen molar-refractivity contribution < 1.29 is 14.8 Å². The van der Waals surface area contributed by atoms with E-state index in [9.17, 15) is 15.2 Å². The molecule has 136 valence electrons. The molecule has 0 radical (unpaired) electrons. The van der Waals surface area contributed by atoms with Crippen molar-refractivity contribution >= 4 is 30.5 Å². The minimum Gasteiger partial charge on any atom is -0.504 e. The van der Waals surface area contributed by atoms with Crippen molar-refractivity contribution in [2.24, 2.45) is 5.92 Å². The molecule has 3 rings (SSSR count). The summed E-state index contributed by atoms with van der Waals surface area (Å²) in [6.45, 7) is 3.56. The van der Waals surface area contributed by atoms with Crippen LogP contribution in [0.25, 0.3) is 0 Å². The van der Waals surface area contributed by atoms with Gasteiger partial charge in [-0.2, -0.15) is 0 Å². The van der Waals surface area contributed by atoms with Crippen LogP contribution in [-0.4, -0.2) is 48.2 Å². The number of phenols is 1. The zero-order chi connectivity index (χ0) is 15.7. The molecule has 0 aromatic heterocycles. The summed E-state index contributed by atoms with van der Waals surface area (Å²) in [4.78, 5) is 13.0. The first-order valence-electron chi connectivity index (χ1n) is 7.62. The lowest BCUT2D eigenvalue weighted by atomic mass is 9.97. The fraction of sp³-hybridized carbons (Fsp3) is 0.600. The van der Waals surface area contributed by atoms with Crippen LogP contribution in [0.3, 0.4) is 0 Å². The molecule has 2 fully saturated rings. The highest BCUT2D eigenvalue weighted by atomic mass is 35.5. The Labute approximate surface area is 153 Å². The van der Waals surface area contributed by atoms with Crippen LogP contribution in [0.5, 0.6) is 11.5 Å². The number of hydrogen-bond acceptors (Lipinski definition) is 6. The summed E-state index contributed by atoms with van der Waals surface area (Å²) in [5.41, 5.74) is 0.584. The van der Waals surface area contributed by atoms with E-state index in [4.69, 9.17) is 4.74 Å². The molecule has 2 aliphatic rings. The standard InChI is InChI=1S/C15H21N3O4.2ClH/c1-22-13-9-11(18(20)21)8-12(15(13)19)14(10-2-3-10)17-6-4-16-5-7-17;;/h8-10,14,16,19H,2-7H2,1H3;2*1H/t14-;;/m1../s1. The van der Waals surface area contributed by atoms with Gasteiger partial charge < -0.3 is 15.2 Å². The van der Waals surface area contributed by atoms with Crippen LogP contribution >= 0.6 is 24.8 Å². The lowest BCUT2D eigenvalue weighted by molar-refractivity contribution is -0.385. The molecular formula is C15H23Cl2N3O4. The van der Waals surface area contributed by atoms with Gasteiger partial charge >= 0.3 is 0 Å². The molecule has 0 unspecified atom stereocenters. The molecule has 9 heteroatoms. The van der Waals surface area contributed by atoms with E-state index in [1.165, 1.54) is 19.2 Å². The summed E-state index contributed by atoms with van der Waals surface area (Å²) in [6.07, 6.45) is 2.19. The van der Waals surface area contributed by atoms with Crippen molar-refractivity contribution in [2.75, 3.05) is 33.3 Å². The average Bonchev–Trinajstić information content (AvgIpc) is 3.35. The number of benzene rings is 1. The second-order valence-corrected chi connectivity index (χ2v) is 5.91. The van der Waals surface area contributed by atoms with Crippen molar-refractivity contribution in [3.8, 4) is 11.5 Å². The fourth-order valence-corrected chi connectivity index (χ4v) is 3.22. The van der Waals surface area contributed by atoms with Gasteiger partial charge in [0.25, 0.3) is 5.69 Å². The Morgan fingerprint density at radius 3 is 2.46 bits per heavy atom. The molecule has 1 saturated carbocycles. The maximum atomic E-state index is 11.2. The number of nitrogens with zero attached hydrogens (tertiary/aromatic N) is 2. The Kier molecular flexibility index (Phi) is 7.54. The zero-order valence-corrected chi connectivity index (χ0v) is 15.1. The van der Waals surface area contributed by atoms with E-state index in [1.807, 2.05) is 0 Å². The Balaban J connectivity index is 0.00000144. The van der Waals surface area contributed by atoms with Crippen molar-refractivity contribution in [1.82, 2.24) is 10.2 Å². The van der Waals surface area contributed by atoms with E-state index in [1.54, 1.807) is 0 Å². The predicted octanol–water partition coefficient (Wildman–Crippen LogP) is 2.51. The number of phenolic OH excluding ortho intramolecular Hbond substituents is 1. The number of nitro groups is 1. The Hall–Kier alpha value is -1.28. The quantitative estimate of drug-likeness (QED) is 0.603. The maximum absolute atomic E-state index is 11.2. The molecule has 1 heterocycles. The number of nitro benzene ring substituents is 1. The smallest absolute Gasteiger partial charge is 0.273 e. The molecule has 0 amide bonds. The Morgan fingerprint density at radius 1 is 1.33 bits per heavy atom. The molecule has 1 aliphatic carbocycles. The largest absolute Gasteiger partial charge is 0.504 e. The summed E-state index contributed by atoms with van der Waals surface area (Å²) in [5, 5.41) is 25.0. The van der Waals surface area contributed by atoms with E-state index < -0.39 is 4.92 Å². The van der Waals surface area contributed by atoms with E-state index >= 15 is 0 Å². The van der Waals surface area contributed by atoms with Crippen LogP contribution in [0.15, 0.2) is 12.1 Å². The fourth-order valence-electron chi connectivity index (χ4n) is 3.22. The highest BCUT2D eigenvalue weighted by molar-refractivity contribution is 5.85. The number of methoxy groups -OCH3 is 1. The van der Waals surface area contributed by atoms with E-state index in [0.29, 0.717) is 11.5 Å². The predicted molar refractivity (Wildman–Crippen MR) is 95.7 cm³/mol. The minimum absolute atomic E-state index is 0. The molecule has 7 nitrogen and oxygen atoms in total. The number of rotatable bonds is 5.